The van der Waals surface area contributed by atoms with E-state index in [0.717, 1.165) is 28.1 Å². The summed E-state index contributed by atoms with van der Waals surface area (Å²) in [5.41, 5.74) is 6.37. The summed E-state index contributed by atoms with van der Waals surface area (Å²) in [5, 5.41) is 7.05. The smallest absolute Gasteiger partial charge is 0.254 e. The first kappa shape index (κ1) is 26.6. The molecule has 0 fully saturated rings. The van der Waals surface area contributed by atoms with Crippen LogP contribution in [0.4, 0.5) is 5.69 Å². The van der Waals surface area contributed by atoms with Crippen molar-refractivity contribution in [3.63, 3.8) is 0 Å². The van der Waals surface area contributed by atoms with Crippen molar-refractivity contribution in [2.24, 2.45) is 0 Å². The number of halogens is 1. The van der Waals surface area contributed by atoms with Gasteiger partial charge in [0.05, 0.1) is 14.2 Å². The first-order chi connectivity index (χ1) is 18.8. The van der Waals surface area contributed by atoms with Crippen LogP contribution in [0.25, 0.3) is 0 Å². The van der Waals surface area contributed by atoms with Gasteiger partial charge in [0.15, 0.2) is 17.3 Å². The van der Waals surface area contributed by atoms with E-state index in [-0.39, 0.29) is 17.6 Å². The molecule has 1 heterocycles. The molecular weight excluding hydrogens is 512 g/mol. The lowest BCUT2D eigenvalue weighted by atomic mass is 9.71. The fraction of sp³-hybridized carbons (Fsp3) is 0.250. The molecule has 2 N–H and O–H groups in total. The quantitative estimate of drug-likeness (QED) is 0.364. The summed E-state index contributed by atoms with van der Waals surface area (Å²) in [4.78, 5) is 27.6. The van der Waals surface area contributed by atoms with E-state index in [1.807, 2.05) is 68.4 Å². The van der Waals surface area contributed by atoms with E-state index < -0.39 is 5.92 Å². The van der Waals surface area contributed by atoms with E-state index >= 15 is 0 Å². The Morgan fingerprint density at radius 3 is 2.23 bits per heavy atom. The average molecular weight is 543 g/mol. The first-order valence-electron chi connectivity index (χ1n) is 12.9. The van der Waals surface area contributed by atoms with E-state index in [0.29, 0.717) is 46.2 Å². The van der Waals surface area contributed by atoms with Gasteiger partial charge in [-0.3, -0.25) is 9.59 Å². The van der Waals surface area contributed by atoms with Crippen molar-refractivity contribution in [2.45, 2.75) is 38.5 Å². The van der Waals surface area contributed by atoms with Gasteiger partial charge in [-0.2, -0.15) is 0 Å². The third kappa shape index (κ3) is 5.30. The number of amides is 1. The number of ether oxygens (including phenoxy) is 2. The molecule has 0 saturated carbocycles. The highest BCUT2D eigenvalue weighted by atomic mass is 35.5. The van der Waals surface area contributed by atoms with E-state index in [1.165, 1.54) is 0 Å². The lowest BCUT2D eigenvalue weighted by Crippen LogP contribution is -2.37. The molecular formula is C32H31ClN2O4. The van der Waals surface area contributed by atoms with Crippen LogP contribution in [0.2, 0.25) is 5.02 Å². The number of allylic oxidation sites excluding steroid dienone is 3. The molecule has 1 amide bonds. The summed E-state index contributed by atoms with van der Waals surface area (Å²) in [7, 11) is 3.20. The molecule has 1 aliphatic carbocycles. The summed E-state index contributed by atoms with van der Waals surface area (Å²) >= 11 is 6.20. The zero-order valence-electron chi connectivity index (χ0n) is 22.4. The lowest BCUT2D eigenvalue weighted by molar-refractivity contribution is -0.116. The SMILES string of the molecule is COc1ccc([C@H]2CC(=O)C3=C(C2)NC(C)=C(C(=O)Nc2ccc(C)cc2)[C@H]3c2ccc(Cl)cc2)cc1OC. The van der Waals surface area contributed by atoms with Crippen LogP contribution in [0.3, 0.4) is 0 Å². The number of hydrogen-bond donors (Lipinski definition) is 2. The molecule has 6 nitrogen and oxygen atoms in total. The fourth-order valence-corrected chi connectivity index (χ4v) is 5.63. The van der Waals surface area contributed by atoms with Crippen molar-refractivity contribution >= 4 is 29.0 Å². The highest BCUT2D eigenvalue weighted by Gasteiger charge is 2.41. The molecule has 2 atom stereocenters. The number of methoxy groups -OCH3 is 2. The lowest BCUT2D eigenvalue weighted by Gasteiger charge is -2.37. The topological polar surface area (TPSA) is 76.7 Å². The molecule has 1 aliphatic heterocycles. The van der Waals surface area contributed by atoms with Crippen LogP contribution in [-0.4, -0.2) is 25.9 Å². The molecule has 0 spiro atoms. The van der Waals surface area contributed by atoms with Crippen LogP contribution in [0, 0.1) is 6.92 Å². The largest absolute Gasteiger partial charge is 0.493 e. The molecule has 2 aliphatic rings. The number of benzene rings is 3. The van der Waals surface area contributed by atoms with Gasteiger partial charge in [0.25, 0.3) is 5.91 Å². The summed E-state index contributed by atoms with van der Waals surface area (Å²) in [6.45, 7) is 3.89. The van der Waals surface area contributed by atoms with E-state index in [2.05, 4.69) is 10.6 Å². The Kier molecular flexibility index (Phi) is 7.49. The summed E-state index contributed by atoms with van der Waals surface area (Å²) in [5.74, 6) is 0.490. The van der Waals surface area contributed by atoms with Gasteiger partial charge >= 0.3 is 0 Å². The number of carbonyl (C=O) groups is 2. The molecule has 3 aromatic rings. The third-order valence-corrected chi connectivity index (χ3v) is 7.72. The van der Waals surface area contributed by atoms with Gasteiger partial charge in [0, 0.05) is 45.6 Å². The molecule has 0 unspecified atom stereocenters. The normalized spacial score (nSPS) is 18.8. The van der Waals surface area contributed by atoms with Gasteiger partial charge in [-0.05, 0) is 73.7 Å². The fourth-order valence-electron chi connectivity index (χ4n) is 5.51. The number of nitrogens with one attached hydrogen (secondary N) is 2. The van der Waals surface area contributed by atoms with Gasteiger partial charge in [-0.25, -0.2) is 0 Å². The predicted octanol–water partition coefficient (Wildman–Crippen LogP) is 6.67. The Balaban J connectivity index is 1.53. The van der Waals surface area contributed by atoms with Crippen molar-refractivity contribution in [1.29, 1.82) is 0 Å². The van der Waals surface area contributed by atoms with Gasteiger partial charge in [0.2, 0.25) is 0 Å². The third-order valence-electron chi connectivity index (χ3n) is 7.46. The van der Waals surface area contributed by atoms with Crippen LogP contribution in [0.1, 0.15) is 48.3 Å². The maximum absolute atomic E-state index is 13.9. The molecule has 7 heteroatoms. The van der Waals surface area contributed by atoms with Gasteiger partial charge in [0.1, 0.15) is 0 Å². The molecule has 200 valence electrons. The number of hydrogen-bond acceptors (Lipinski definition) is 5. The number of dihydropyridines is 1. The summed E-state index contributed by atoms with van der Waals surface area (Å²) in [6, 6.07) is 20.8. The molecule has 0 radical (unpaired) electrons. The second-order valence-corrected chi connectivity index (χ2v) is 10.4. The monoisotopic (exact) mass is 542 g/mol. The average Bonchev–Trinajstić information content (AvgIpc) is 2.93. The minimum absolute atomic E-state index is 0.0108. The maximum Gasteiger partial charge on any atom is 0.254 e. The molecule has 3 aromatic carbocycles. The number of anilines is 1. The minimum Gasteiger partial charge on any atom is -0.493 e. The highest BCUT2D eigenvalue weighted by Crippen LogP contribution is 2.46. The Morgan fingerprint density at radius 2 is 1.56 bits per heavy atom. The van der Waals surface area contributed by atoms with Crippen molar-refractivity contribution in [2.75, 3.05) is 19.5 Å². The van der Waals surface area contributed by atoms with Crippen molar-refractivity contribution < 1.29 is 19.1 Å². The van der Waals surface area contributed by atoms with E-state index in [4.69, 9.17) is 21.1 Å². The van der Waals surface area contributed by atoms with Gasteiger partial charge in [-0.15, -0.1) is 0 Å². The van der Waals surface area contributed by atoms with E-state index in [1.54, 1.807) is 26.4 Å². The van der Waals surface area contributed by atoms with Crippen LogP contribution >= 0.6 is 11.6 Å². The predicted molar refractivity (Wildman–Crippen MR) is 153 cm³/mol. The minimum atomic E-state index is -0.511. The Morgan fingerprint density at radius 1 is 0.897 bits per heavy atom. The Labute approximate surface area is 233 Å². The second-order valence-electron chi connectivity index (χ2n) is 10.0. The standard InChI is InChI=1S/C32H31ClN2O4/c1-18-5-12-24(13-6-18)35-32(37)29-19(2)34-25-15-22(21-9-14-27(38-3)28(17-21)39-4)16-26(36)31(25)30(29)20-7-10-23(33)11-8-20/h5-14,17,22,30,34H,15-16H2,1-4H3,(H,35,37)/t22-,30-/m1/s1. The Bertz CT molecular complexity index is 1490. The molecule has 39 heavy (non-hydrogen) atoms. The van der Waals surface area contributed by atoms with Crippen LogP contribution in [0.5, 0.6) is 11.5 Å². The zero-order chi connectivity index (χ0) is 27.7. The Hall–Kier alpha value is -4.03. The maximum atomic E-state index is 13.9. The first-order valence-corrected chi connectivity index (χ1v) is 13.3. The highest BCUT2D eigenvalue weighted by molar-refractivity contribution is 6.30. The molecule has 5 rings (SSSR count). The van der Waals surface area contributed by atoms with Crippen molar-refractivity contribution in [1.82, 2.24) is 5.32 Å². The number of carbonyl (C=O) groups excluding carboxylic acids is 2. The van der Waals surface area contributed by atoms with Crippen molar-refractivity contribution in [3.8, 4) is 11.5 Å². The number of aryl methyl sites for hydroxylation is 1. The van der Waals surface area contributed by atoms with Crippen LogP contribution in [-0.2, 0) is 9.59 Å². The summed E-state index contributed by atoms with van der Waals surface area (Å²) in [6.07, 6.45) is 0.955. The van der Waals surface area contributed by atoms with Gasteiger partial charge in [-0.1, -0.05) is 47.5 Å². The second kappa shape index (κ2) is 11.0. The number of Topliss-reactive ketones (excluding diaryl/α,β-unsaturated/α-hetero) is 1. The zero-order valence-corrected chi connectivity index (χ0v) is 23.2. The number of rotatable bonds is 6. The van der Waals surface area contributed by atoms with Crippen LogP contribution in [0.15, 0.2) is 89.3 Å². The molecule has 0 aromatic heterocycles. The number of ketones is 1. The molecule has 0 bridgehead atoms. The van der Waals surface area contributed by atoms with Crippen LogP contribution < -0.4 is 20.1 Å². The molecule has 0 saturated heterocycles. The van der Waals surface area contributed by atoms with Gasteiger partial charge < -0.3 is 20.1 Å². The van der Waals surface area contributed by atoms with Crippen molar-refractivity contribution in [3.05, 3.63) is 111 Å². The van der Waals surface area contributed by atoms with E-state index in [9.17, 15) is 9.59 Å². The summed E-state index contributed by atoms with van der Waals surface area (Å²) < 4.78 is 10.9.